The molecule has 2 bridgehead atoms. The van der Waals surface area contributed by atoms with Gasteiger partial charge in [-0.25, -0.2) is 0 Å². The van der Waals surface area contributed by atoms with Crippen LogP contribution >= 0.6 is 15.9 Å². The van der Waals surface area contributed by atoms with Crippen LogP contribution in [0.4, 0.5) is 0 Å². The number of carbonyl (C=O) groups excluding carboxylic acids is 1. The van der Waals surface area contributed by atoms with Gasteiger partial charge in [-0.05, 0) is 61.8 Å². The van der Waals surface area contributed by atoms with Crippen molar-refractivity contribution in [1.29, 1.82) is 0 Å². The molecule has 1 saturated heterocycles. The molecule has 2 aromatic carbocycles. The predicted molar refractivity (Wildman–Crippen MR) is 126 cm³/mol. The number of benzene rings is 2. The van der Waals surface area contributed by atoms with Crippen LogP contribution < -0.4 is 9.47 Å². The van der Waals surface area contributed by atoms with Crippen molar-refractivity contribution in [1.82, 2.24) is 4.90 Å². The van der Waals surface area contributed by atoms with Crippen LogP contribution in [0.5, 0.6) is 11.5 Å². The molecule has 5 rings (SSSR count). The highest BCUT2D eigenvalue weighted by atomic mass is 79.9. The van der Waals surface area contributed by atoms with Crippen LogP contribution in [0, 0.1) is 5.92 Å². The largest absolute Gasteiger partial charge is 0.493 e. The molecule has 0 amide bonds. The molecule has 5 nitrogen and oxygen atoms in total. The van der Waals surface area contributed by atoms with Crippen LogP contribution in [0.3, 0.4) is 0 Å². The minimum Gasteiger partial charge on any atom is -0.493 e. The number of likely N-dealkylation sites (tertiary alicyclic amines) is 1. The highest BCUT2D eigenvalue weighted by Gasteiger charge is 2.56. The number of halogens is 1. The number of ketones is 1. The molecular weight excluding hydrogens is 470 g/mol. The summed E-state index contributed by atoms with van der Waals surface area (Å²) in [6, 6.07) is 12.6. The van der Waals surface area contributed by atoms with E-state index in [0.29, 0.717) is 24.8 Å². The maximum atomic E-state index is 13.1. The summed E-state index contributed by atoms with van der Waals surface area (Å²) in [7, 11) is 5.45. The lowest BCUT2D eigenvalue weighted by molar-refractivity contribution is -0.122. The number of nitrogens with zero attached hydrogens (tertiary/aromatic N) is 1. The number of fused-ring (bicyclic) bond motifs is 1. The highest BCUT2D eigenvalue weighted by Crippen LogP contribution is 2.58. The fraction of sp³-hybridized carbons (Fsp3) is 0.423. The molecule has 6 heteroatoms. The van der Waals surface area contributed by atoms with Crippen LogP contribution in [0.2, 0.25) is 0 Å². The number of likely N-dealkylation sites (N-methyl/N-ethyl adjacent to an activating group) is 1. The van der Waals surface area contributed by atoms with Crippen molar-refractivity contribution in [3.05, 3.63) is 69.4 Å². The molecule has 0 radical (unpaired) electrons. The minimum atomic E-state index is -0.301. The number of allylic oxidation sites excluding steroid dienone is 1. The molecule has 1 heterocycles. The van der Waals surface area contributed by atoms with Gasteiger partial charge >= 0.3 is 0 Å². The van der Waals surface area contributed by atoms with Crippen molar-refractivity contribution >= 4 is 21.7 Å². The smallest absolute Gasteiger partial charge is 0.197 e. The van der Waals surface area contributed by atoms with E-state index < -0.39 is 0 Å². The molecule has 1 fully saturated rings. The van der Waals surface area contributed by atoms with E-state index in [1.54, 1.807) is 14.2 Å². The Morgan fingerprint density at radius 1 is 1.19 bits per heavy atom. The van der Waals surface area contributed by atoms with Gasteiger partial charge in [-0.2, -0.15) is 0 Å². The average Bonchev–Trinajstić information content (AvgIpc) is 2.79. The first-order valence-electron chi connectivity index (χ1n) is 11.0. The minimum absolute atomic E-state index is 0.0701. The van der Waals surface area contributed by atoms with Gasteiger partial charge in [-0.3, -0.25) is 4.79 Å². The molecular formula is C26H28BrNO4. The van der Waals surface area contributed by atoms with E-state index in [4.69, 9.17) is 14.2 Å². The normalized spacial score (nSPS) is 26.6. The van der Waals surface area contributed by atoms with E-state index in [9.17, 15) is 4.79 Å². The monoisotopic (exact) mass is 497 g/mol. The third-order valence-corrected chi connectivity index (χ3v) is 7.95. The first kappa shape index (κ1) is 21.5. The van der Waals surface area contributed by atoms with Crippen molar-refractivity contribution in [3.8, 4) is 11.5 Å². The molecule has 3 atom stereocenters. The van der Waals surface area contributed by atoms with Gasteiger partial charge < -0.3 is 19.1 Å². The predicted octanol–water partition coefficient (Wildman–Crippen LogP) is 4.65. The summed E-state index contributed by atoms with van der Waals surface area (Å²) < 4.78 is 18.7. The second-order valence-corrected chi connectivity index (χ2v) is 9.98. The van der Waals surface area contributed by atoms with E-state index in [0.717, 1.165) is 46.5 Å². The van der Waals surface area contributed by atoms with E-state index in [1.165, 1.54) is 5.56 Å². The Morgan fingerprint density at radius 3 is 2.78 bits per heavy atom. The average molecular weight is 498 g/mol. The SMILES string of the molecule is COC1=C[C@@H]2[C@@H]3Cc4ccc(OC)c(OCc5cccc(Br)c5)c4[C@]2(CCN3C)CC1=O. The quantitative estimate of drug-likeness (QED) is 0.601. The molecule has 0 aromatic heterocycles. The summed E-state index contributed by atoms with van der Waals surface area (Å²) in [5, 5.41) is 0. The van der Waals surface area contributed by atoms with Gasteiger partial charge in [-0.1, -0.05) is 34.1 Å². The van der Waals surface area contributed by atoms with Crippen molar-refractivity contribution in [2.75, 3.05) is 27.8 Å². The second-order valence-electron chi connectivity index (χ2n) is 9.07. The van der Waals surface area contributed by atoms with Gasteiger partial charge in [0.05, 0.1) is 14.2 Å². The Balaban J connectivity index is 1.64. The Labute approximate surface area is 197 Å². The standard InChI is InChI=1S/C26H28BrNO4/c1-28-10-9-26-14-21(29)23(31-3)13-19(26)20(28)12-17-7-8-22(30-2)25(24(17)26)32-15-16-5-4-6-18(27)11-16/h4-8,11,13,19-20H,9-10,12,14-15H2,1-3H3/t19-,20+,26-/m1/s1. The van der Waals surface area contributed by atoms with Crippen molar-refractivity contribution in [3.63, 3.8) is 0 Å². The summed E-state index contributed by atoms with van der Waals surface area (Å²) in [5.41, 5.74) is 3.18. The van der Waals surface area contributed by atoms with Crippen LogP contribution in [0.1, 0.15) is 29.5 Å². The van der Waals surface area contributed by atoms with Gasteiger partial charge in [0.1, 0.15) is 6.61 Å². The number of ether oxygens (including phenoxy) is 3. The second kappa shape index (κ2) is 8.23. The summed E-state index contributed by atoms with van der Waals surface area (Å²) in [4.78, 5) is 15.5. The van der Waals surface area contributed by atoms with E-state index in [-0.39, 0.29) is 17.1 Å². The lowest BCUT2D eigenvalue weighted by Crippen LogP contribution is -2.60. The van der Waals surface area contributed by atoms with E-state index >= 15 is 0 Å². The molecule has 32 heavy (non-hydrogen) atoms. The molecule has 0 unspecified atom stereocenters. The number of methoxy groups -OCH3 is 2. The highest BCUT2D eigenvalue weighted by molar-refractivity contribution is 9.10. The zero-order valence-electron chi connectivity index (χ0n) is 18.7. The van der Waals surface area contributed by atoms with Crippen molar-refractivity contribution in [2.45, 2.75) is 37.3 Å². The maximum absolute atomic E-state index is 13.1. The van der Waals surface area contributed by atoms with Crippen LogP contribution in [0.15, 0.2) is 52.7 Å². The van der Waals surface area contributed by atoms with Gasteiger partial charge in [0.15, 0.2) is 23.0 Å². The first-order chi connectivity index (χ1) is 15.5. The van der Waals surface area contributed by atoms with Gasteiger partial charge in [0.2, 0.25) is 0 Å². The molecule has 168 valence electrons. The fourth-order valence-electron chi connectivity index (χ4n) is 5.93. The lowest BCUT2D eigenvalue weighted by Gasteiger charge is -2.56. The van der Waals surface area contributed by atoms with Crippen LogP contribution in [-0.2, 0) is 28.0 Å². The zero-order chi connectivity index (χ0) is 22.5. The van der Waals surface area contributed by atoms with Crippen molar-refractivity contribution < 1.29 is 19.0 Å². The molecule has 1 aliphatic heterocycles. The number of rotatable bonds is 5. The fourth-order valence-corrected chi connectivity index (χ4v) is 6.38. The topological polar surface area (TPSA) is 48.0 Å². The maximum Gasteiger partial charge on any atom is 0.197 e. The number of carbonyl (C=O) groups is 1. The Morgan fingerprint density at radius 2 is 2.03 bits per heavy atom. The summed E-state index contributed by atoms with van der Waals surface area (Å²) in [5.74, 6) is 2.26. The Bertz CT molecular complexity index is 1100. The van der Waals surface area contributed by atoms with Gasteiger partial charge in [0, 0.05) is 33.8 Å². The van der Waals surface area contributed by atoms with Crippen LogP contribution in [0.25, 0.3) is 0 Å². The molecule has 2 aromatic rings. The number of hydrogen-bond donors (Lipinski definition) is 0. The van der Waals surface area contributed by atoms with E-state index in [1.807, 2.05) is 18.2 Å². The van der Waals surface area contributed by atoms with E-state index in [2.05, 4.69) is 52.2 Å². The number of piperidine rings is 1. The van der Waals surface area contributed by atoms with Gasteiger partial charge in [0.25, 0.3) is 0 Å². The first-order valence-corrected chi connectivity index (χ1v) is 11.8. The third kappa shape index (κ3) is 3.35. The summed E-state index contributed by atoms with van der Waals surface area (Å²) in [6.07, 6.45) is 4.33. The van der Waals surface area contributed by atoms with Crippen LogP contribution in [-0.4, -0.2) is 44.5 Å². The number of hydrogen-bond acceptors (Lipinski definition) is 5. The lowest BCUT2D eigenvalue weighted by atomic mass is 9.53. The Kier molecular flexibility index (Phi) is 5.54. The molecule has 0 N–H and O–H groups in total. The zero-order valence-corrected chi connectivity index (χ0v) is 20.3. The Hall–Kier alpha value is -2.31. The third-order valence-electron chi connectivity index (χ3n) is 7.46. The molecule has 3 aliphatic rings. The molecule has 0 spiro atoms. The molecule has 0 saturated carbocycles. The summed E-state index contributed by atoms with van der Waals surface area (Å²) >= 11 is 3.54. The van der Waals surface area contributed by atoms with Crippen molar-refractivity contribution in [2.24, 2.45) is 5.92 Å². The summed E-state index contributed by atoms with van der Waals surface area (Å²) in [6.45, 7) is 1.38. The molecule has 2 aliphatic carbocycles. The van der Waals surface area contributed by atoms with Gasteiger partial charge in [-0.15, -0.1) is 0 Å². The number of Topliss-reactive ketones (excluding diaryl/α,β-unsaturated/α-hetero) is 1.